The Hall–Kier alpha value is -4.07. The SMILES string of the molecule is NC(=O)C1CCCN(c2ccc(NC(=O)COc3ccc(OCc4ccccc4)cc3)cn2)C1. The highest BCUT2D eigenvalue weighted by molar-refractivity contribution is 5.91. The van der Waals surface area contributed by atoms with Crippen molar-refractivity contribution in [3.8, 4) is 11.5 Å². The van der Waals surface area contributed by atoms with Gasteiger partial charge in [-0.25, -0.2) is 4.98 Å². The zero-order valence-electron chi connectivity index (χ0n) is 18.9. The van der Waals surface area contributed by atoms with Gasteiger partial charge in [0.2, 0.25) is 5.91 Å². The first kappa shape index (κ1) is 23.1. The van der Waals surface area contributed by atoms with Crippen molar-refractivity contribution in [2.75, 3.05) is 29.9 Å². The molecule has 0 radical (unpaired) electrons. The molecular weight excluding hydrogens is 432 g/mol. The van der Waals surface area contributed by atoms with Gasteiger partial charge in [-0.1, -0.05) is 30.3 Å². The van der Waals surface area contributed by atoms with Crippen molar-refractivity contribution >= 4 is 23.3 Å². The third kappa shape index (κ3) is 6.48. The van der Waals surface area contributed by atoms with Crippen molar-refractivity contribution in [1.29, 1.82) is 0 Å². The summed E-state index contributed by atoms with van der Waals surface area (Å²) < 4.78 is 11.3. The van der Waals surface area contributed by atoms with Gasteiger partial charge < -0.3 is 25.4 Å². The summed E-state index contributed by atoms with van der Waals surface area (Å²) in [5.74, 6) is 1.34. The molecule has 0 aliphatic carbocycles. The van der Waals surface area contributed by atoms with Crippen LogP contribution in [0.5, 0.6) is 11.5 Å². The number of rotatable bonds is 9. The summed E-state index contributed by atoms with van der Waals surface area (Å²) in [7, 11) is 0. The Morgan fingerprint density at radius 3 is 2.41 bits per heavy atom. The molecule has 1 aromatic heterocycles. The van der Waals surface area contributed by atoms with Gasteiger partial charge in [-0.3, -0.25) is 9.59 Å². The van der Waals surface area contributed by atoms with Crippen LogP contribution < -0.4 is 25.4 Å². The molecule has 8 heteroatoms. The van der Waals surface area contributed by atoms with Crippen LogP contribution in [0.25, 0.3) is 0 Å². The van der Waals surface area contributed by atoms with Gasteiger partial charge in [-0.05, 0) is 54.8 Å². The van der Waals surface area contributed by atoms with Gasteiger partial charge in [-0.15, -0.1) is 0 Å². The van der Waals surface area contributed by atoms with Gasteiger partial charge in [0, 0.05) is 13.1 Å². The molecule has 3 aromatic rings. The number of nitrogens with two attached hydrogens (primary N) is 1. The maximum atomic E-state index is 12.3. The number of carbonyl (C=O) groups is 2. The van der Waals surface area contributed by atoms with Crippen molar-refractivity contribution in [2.45, 2.75) is 19.4 Å². The fourth-order valence-electron chi connectivity index (χ4n) is 3.78. The fourth-order valence-corrected chi connectivity index (χ4v) is 3.78. The number of aromatic nitrogens is 1. The first-order valence-electron chi connectivity index (χ1n) is 11.3. The van der Waals surface area contributed by atoms with E-state index in [0.717, 1.165) is 36.5 Å². The van der Waals surface area contributed by atoms with E-state index in [4.69, 9.17) is 15.2 Å². The number of ether oxygens (including phenoxy) is 2. The number of carbonyl (C=O) groups excluding carboxylic acids is 2. The molecule has 1 unspecified atom stereocenters. The van der Waals surface area contributed by atoms with E-state index >= 15 is 0 Å². The van der Waals surface area contributed by atoms with Crippen LogP contribution in [0.3, 0.4) is 0 Å². The summed E-state index contributed by atoms with van der Waals surface area (Å²) >= 11 is 0. The number of hydrogen-bond acceptors (Lipinski definition) is 6. The number of primary amides is 1. The van der Waals surface area contributed by atoms with Crippen LogP contribution in [0.15, 0.2) is 72.9 Å². The Bertz CT molecular complexity index is 1090. The van der Waals surface area contributed by atoms with Crippen LogP contribution in [-0.2, 0) is 16.2 Å². The molecule has 1 aliphatic rings. The highest BCUT2D eigenvalue weighted by Gasteiger charge is 2.24. The predicted octanol–water partition coefficient (Wildman–Crippen LogP) is 3.38. The lowest BCUT2D eigenvalue weighted by atomic mass is 9.97. The minimum atomic E-state index is -0.286. The van der Waals surface area contributed by atoms with Gasteiger partial charge in [0.25, 0.3) is 5.91 Å². The number of anilines is 2. The van der Waals surface area contributed by atoms with E-state index in [1.807, 2.05) is 53.4 Å². The van der Waals surface area contributed by atoms with E-state index in [2.05, 4.69) is 10.3 Å². The minimum Gasteiger partial charge on any atom is -0.489 e. The topological polar surface area (TPSA) is 107 Å². The number of amides is 2. The van der Waals surface area contributed by atoms with Crippen LogP contribution in [0.4, 0.5) is 11.5 Å². The van der Waals surface area contributed by atoms with Gasteiger partial charge in [-0.2, -0.15) is 0 Å². The van der Waals surface area contributed by atoms with E-state index in [-0.39, 0.29) is 24.3 Å². The molecule has 176 valence electrons. The number of nitrogens with zero attached hydrogens (tertiary/aromatic N) is 2. The predicted molar refractivity (Wildman–Crippen MR) is 130 cm³/mol. The van der Waals surface area contributed by atoms with Crippen molar-refractivity contribution in [2.24, 2.45) is 11.7 Å². The Labute approximate surface area is 198 Å². The second-order valence-corrected chi connectivity index (χ2v) is 8.18. The van der Waals surface area contributed by atoms with Gasteiger partial charge in [0.05, 0.1) is 17.8 Å². The molecule has 1 fully saturated rings. The normalized spacial score (nSPS) is 15.4. The van der Waals surface area contributed by atoms with Crippen molar-refractivity contribution < 1.29 is 19.1 Å². The molecule has 1 saturated heterocycles. The quantitative estimate of drug-likeness (QED) is 0.507. The second-order valence-electron chi connectivity index (χ2n) is 8.18. The average Bonchev–Trinajstić information content (AvgIpc) is 2.88. The number of benzene rings is 2. The fraction of sp³-hybridized carbons (Fsp3) is 0.269. The van der Waals surface area contributed by atoms with E-state index in [0.29, 0.717) is 24.6 Å². The Kier molecular flexibility index (Phi) is 7.60. The Balaban J connectivity index is 1.22. The van der Waals surface area contributed by atoms with Gasteiger partial charge in [0.15, 0.2) is 6.61 Å². The summed E-state index contributed by atoms with van der Waals surface area (Å²) in [4.78, 5) is 30.2. The number of piperidine rings is 1. The molecule has 4 rings (SSSR count). The lowest BCUT2D eigenvalue weighted by molar-refractivity contribution is -0.122. The van der Waals surface area contributed by atoms with Crippen LogP contribution in [0.1, 0.15) is 18.4 Å². The Morgan fingerprint density at radius 2 is 1.74 bits per heavy atom. The highest BCUT2D eigenvalue weighted by atomic mass is 16.5. The summed E-state index contributed by atoms with van der Waals surface area (Å²) in [5, 5.41) is 2.78. The molecule has 1 aliphatic heterocycles. The molecular formula is C26H28N4O4. The van der Waals surface area contributed by atoms with Crippen LogP contribution in [0, 0.1) is 5.92 Å². The number of nitrogens with one attached hydrogen (secondary N) is 1. The lowest BCUT2D eigenvalue weighted by Crippen LogP contribution is -2.41. The van der Waals surface area contributed by atoms with E-state index in [9.17, 15) is 9.59 Å². The molecule has 2 aromatic carbocycles. The molecule has 1 atom stereocenters. The molecule has 2 amide bonds. The van der Waals surface area contributed by atoms with Crippen LogP contribution in [0.2, 0.25) is 0 Å². The summed E-state index contributed by atoms with van der Waals surface area (Å²) in [6.07, 6.45) is 3.30. The molecule has 34 heavy (non-hydrogen) atoms. The van der Waals surface area contributed by atoms with Gasteiger partial charge in [0.1, 0.15) is 23.9 Å². The highest BCUT2D eigenvalue weighted by Crippen LogP contribution is 2.23. The third-order valence-corrected chi connectivity index (χ3v) is 5.62. The second kappa shape index (κ2) is 11.2. The maximum absolute atomic E-state index is 12.3. The monoisotopic (exact) mass is 460 g/mol. The average molecular weight is 461 g/mol. The lowest BCUT2D eigenvalue weighted by Gasteiger charge is -2.32. The molecule has 0 saturated carbocycles. The summed E-state index contributed by atoms with van der Waals surface area (Å²) in [5.41, 5.74) is 7.11. The van der Waals surface area contributed by atoms with Crippen LogP contribution >= 0.6 is 0 Å². The maximum Gasteiger partial charge on any atom is 0.262 e. The minimum absolute atomic E-state index is 0.127. The smallest absolute Gasteiger partial charge is 0.262 e. The van der Waals surface area contributed by atoms with Crippen LogP contribution in [-0.4, -0.2) is 36.5 Å². The molecule has 2 heterocycles. The standard InChI is InChI=1S/C26H28N4O4/c27-26(32)20-7-4-14-30(16-20)24-13-8-21(15-28-24)29-25(31)18-34-23-11-9-22(10-12-23)33-17-19-5-2-1-3-6-19/h1-3,5-6,8-13,15,20H,4,7,14,16-18H2,(H2,27,32)(H,29,31). The summed E-state index contributed by atoms with van der Waals surface area (Å²) in [6.45, 7) is 1.75. The summed E-state index contributed by atoms with van der Waals surface area (Å²) in [6, 6.07) is 20.7. The first-order chi connectivity index (χ1) is 16.6. The van der Waals surface area contributed by atoms with Crippen molar-refractivity contribution in [3.05, 3.63) is 78.5 Å². The third-order valence-electron chi connectivity index (χ3n) is 5.62. The van der Waals surface area contributed by atoms with E-state index in [1.54, 1.807) is 24.4 Å². The number of hydrogen-bond donors (Lipinski definition) is 2. The first-order valence-corrected chi connectivity index (χ1v) is 11.3. The van der Waals surface area contributed by atoms with Crippen molar-refractivity contribution in [3.63, 3.8) is 0 Å². The molecule has 0 bridgehead atoms. The Morgan fingerprint density at radius 1 is 1.00 bits per heavy atom. The zero-order valence-corrected chi connectivity index (χ0v) is 18.9. The van der Waals surface area contributed by atoms with Crippen molar-refractivity contribution in [1.82, 2.24) is 4.98 Å². The van der Waals surface area contributed by atoms with E-state index < -0.39 is 0 Å². The van der Waals surface area contributed by atoms with Gasteiger partial charge >= 0.3 is 0 Å². The van der Waals surface area contributed by atoms with E-state index in [1.165, 1.54) is 0 Å². The molecule has 8 nitrogen and oxygen atoms in total. The largest absolute Gasteiger partial charge is 0.489 e. The molecule has 0 spiro atoms. The molecule has 3 N–H and O–H groups in total. The zero-order chi connectivity index (χ0) is 23.8. The number of pyridine rings is 1.